The molecule has 0 fully saturated rings. The van der Waals surface area contributed by atoms with E-state index in [4.69, 9.17) is 2.74 Å². The van der Waals surface area contributed by atoms with Crippen LogP contribution < -0.4 is 4.90 Å². The summed E-state index contributed by atoms with van der Waals surface area (Å²) in [6.07, 6.45) is 0. The van der Waals surface area contributed by atoms with Crippen molar-refractivity contribution < 1.29 is 2.74 Å². The van der Waals surface area contributed by atoms with Crippen LogP contribution in [-0.2, 0) is 0 Å². The van der Waals surface area contributed by atoms with Crippen LogP contribution >= 0.6 is 0 Å². The lowest BCUT2D eigenvalue weighted by atomic mass is 10.2. The fourth-order valence-corrected chi connectivity index (χ4v) is 0.706. The molecule has 1 aromatic rings. The highest BCUT2D eigenvalue weighted by atomic mass is 15.1. The second-order valence-corrected chi connectivity index (χ2v) is 2.56. The van der Waals surface area contributed by atoms with Crippen LogP contribution in [0.3, 0.4) is 0 Å². The van der Waals surface area contributed by atoms with Crippen LogP contribution in [0.1, 0.15) is 8.30 Å². The van der Waals surface area contributed by atoms with E-state index in [-0.39, 0.29) is 0 Å². The molecule has 0 atom stereocenters. The molecule has 0 heterocycles. The number of aryl methyl sites for hydroxylation is 1. The molecule has 0 saturated carbocycles. The smallest absolute Gasteiger partial charge is 0.0645 e. The van der Waals surface area contributed by atoms with Crippen molar-refractivity contribution in [2.75, 3.05) is 19.0 Å². The van der Waals surface area contributed by atoms with Crippen molar-refractivity contribution in [1.82, 2.24) is 0 Å². The van der Waals surface area contributed by atoms with Gasteiger partial charge in [0.05, 0.1) is 2.74 Å². The Kier molecular flexibility index (Phi) is 1.31. The summed E-state index contributed by atoms with van der Waals surface area (Å²) in [4.78, 5) is 1.80. The van der Waals surface area contributed by atoms with Gasteiger partial charge in [-0.05, 0) is 19.0 Å². The summed E-state index contributed by atoms with van der Waals surface area (Å²) in [7, 11) is 3.70. The summed E-state index contributed by atoms with van der Waals surface area (Å²) in [5.41, 5.74) is 1.65. The van der Waals surface area contributed by atoms with Crippen molar-refractivity contribution in [3.05, 3.63) is 29.8 Å². The van der Waals surface area contributed by atoms with E-state index in [0.717, 1.165) is 5.56 Å². The minimum absolute atomic E-state index is 0.421. The molecule has 0 aliphatic carbocycles. The second-order valence-electron chi connectivity index (χ2n) is 2.56. The second kappa shape index (κ2) is 2.74. The molecule has 0 saturated heterocycles. The fraction of sp³-hybridized carbons (Fsp3) is 0.333. The van der Waals surface area contributed by atoms with E-state index >= 15 is 0 Å². The summed E-state index contributed by atoms with van der Waals surface area (Å²) >= 11 is 0. The van der Waals surface area contributed by atoms with E-state index in [2.05, 4.69) is 0 Å². The van der Waals surface area contributed by atoms with E-state index in [9.17, 15) is 0 Å². The summed E-state index contributed by atoms with van der Waals surface area (Å²) in [6.45, 7) is 1.90. The Hall–Kier alpha value is -0.980. The summed E-state index contributed by atoms with van der Waals surface area (Å²) < 4.78 is 15.2. The van der Waals surface area contributed by atoms with Crippen LogP contribution in [-0.4, -0.2) is 14.1 Å². The van der Waals surface area contributed by atoms with Crippen LogP contribution in [0, 0.1) is 6.92 Å². The summed E-state index contributed by atoms with van der Waals surface area (Å²) in [5, 5.41) is 0. The SMILES string of the molecule is [2H]c1cc(C)cc([2H])c1N(C)C. The lowest BCUT2D eigenvalue weighted by Crippen LogP contribution is -2.07. The first-order valence-electron chi connectivity index (χ1n) is 4.27. The minimum atomic E-state index is 0.421. The van der Waals surface area contributed by atoms with Crippen LogP contribution in [0.4, 0.5) is 5.69 Å². The molecule has 1 aromatic carbocycles. The van der Waals surface area contributed by atoms with E-state index in [1.807, 2.05) is 21.0 Å². The van der Waals surface area contributed by atoms with Crippen LogP contribution in [0.25, 0.3) is 0 Å². The molecule has 0 N–H and O–H groups in total. The topological polar surface area (TPSA) is 3.24 Å². The van der Waals surface area contributed by atoms with Gasteiger partial charge in [-0.3, -0.25) is 0 Å². The van der Waals surface area contributed by atoms with Gasteiger partial charge in [0.2, 0.25) is 0 Å². The van der Waals surface area contributed by atoms with Crippen molar-refractivity contribution in [2.45, 2.75) is 6.92 Å². The Morgan fingerprint density at radius 1 is 1.30 bits per heavy atom. The average molecular weight is 137 g/mol. The zero-order chi connectivity index (χ0) is 9.30. The number of hydrogen-bond acceptors (Lipinski definition) is 1. The van der Waals surface area contributed by atoms with Gasteiger partial charge in [0.1, 0.15) is 0 Å². The lowest BCUT2D eigenvalue weighted by Gasteiger charge is -2.11. The molecule has 0 unspecified atom stereocenters. The number of anilines is 1. The van der Waals surface area contributed by atoms with Crippen molar-refractivity contribution in [2.24, 2.45) is 0 Å². The number of nitrogens with zero attached hydrogens (tertiary/aromatic N) is 1. The molecule has 0 aliphatic heterocycles. The first kappa shape index (κ1) is 4.78. The molecule has 0 aromatic heterocycles. The van der Waals surface area contributed by atoms with E-state index < -0.39 is 0 Å². The molecule has 1 rings (SSSR count). The molecule has 1 heteroatoms. The third kappa shape index (κ3) is 1.50. The van der Waals surface area contributed by atoms with Gasteiger partial charge in [-0.1, -0.05) is 17.7 Å². The standard InChI is InChI=1S/C9H13N/c1-8-4-6-9(7-5-8)10(2)3/h4-7H,1-3H3/i6D,7D. The molecular weight excluding hydrogens is 122 g/mol. The number of hydrogen-bond donors (Lipinski definition) is 0. The Balaban J connectivity index is 3.28. The molecule has 0 radical (unpaired) electrons. The van der Waals surface area contributed by atoms with E-state index in [1.165, 1.54) is 0 Å². The van der Waals surface area contributed by atoms with Crippen molar-refractivity contribution >= 4 is 5.69 Å². The van der Waals surface area contributed by atoms with Gasteiger partial charge in [0.15, 0.2) is 0 Å². The highest BCUT2D eigenvalue weighted by Crippen LogP contribution is 2.10. The normalized spacial score (nSPS) is 12.3. The Labute approximate surface area is 65.1 Å². The maximum absolute atomic E-state index is 7.62. The quantitative estimate of drug-likeness (QED) is 0.572. The fourth-order valence-electron chi connectivity index (χ4n) is 0.706. The molecule has 0 spiro atoms. The van der Waals surface area contributed by atoms with Gasteiger partial charge in [-0.2, -0.15) is 0 Å². The maximum atomic E-state index is 7.62. The highest BCUT2D eigenvalue weighted by molar-refractivity contribution is 5.45. The van der Waals surface area contributed by atoms with Gasteiger partial charge < -0.3 is 4.90 Å². The lowest BCUT2D eigenvalue weighted by molar-refractivity contribution is 1.13. The van der Waals surface area contributed by atoms with Crippen LogP contribution in [0.5, 0.6) is 0 Å². The first-order chi connectivity index (χ1) is 5.52. The predicted octanol–water partition coefficient (Wildman–Crippen LogP) is 2.06. The summed E-state index contributed by atoms with van der Waals surface area (Å²) in [5.74, 6) is 0. The van der Waals surface area contributed by atoms with E-state index in [0.29, 0.717) is 17.8 Å². The number of rotatable bonds is 1. The van der Waals surface area contributed by atoms with Crippen LogP contribution in [0.2, 0.25) is 0 Å². The zero-order valence-corrected chi connectivity index (χ0v) is 6.60. The average Bonchev–Trinajstić information content (AvgIpc) is 1.82. The van der Waals surface area contributed by atoms with E-state index in [1.54, 1.807) is 17.0 Å². The zero-order valence-electron chi connectivity index (χ0n) is 8.60. The molecular formula is C9H13N. The third-order valence-corrected chi connectivity index (χ3v) is 1.32. The predicted molar refractivity (Wildman–Crippen MR) is 45.5 cm³/mol. The van der Waals surface area contributed by atoms with Crippen LogP contribution in [0.15, 0.2) is 24.2 Å². The minimum Gasteiger partial charge on any atom is -0.378 e. The van der Waals surface area contributed by atoms with Gasteiger partial charge in [-0.25, -0.2) is 0 Å². The van der Waals surface area contributed by atoms with Crippen molar-refractivity contribution in [3.63, 3.8) is 0 Å². The van der Waals surface area contributed by atoms with Gasteiger partial charge in [0, 0.05) is 19.8 Å². The van der Waals surface area contributed by atoms with Gasteiger partial charge in [-0.15, -0.1) is 0 Å². The first-order valence-corrected chi connectivity index (χ1v) is 3.27. The molecule has 0 amide bonds. The molecule has 1 nitrogen and oxygen atoms in total. The largest absolute Gasteiger partial charge is 0.378 e. The monoisotopic (exact) mass is 137 g/mol. The van der Waals surface area contributed by atoms with Crippen molar-refractivity contribution in [1.29, 1.82) is 0 Å². The Morgan fingerprint density at radius 3 is 2.20 bits per heavy atom. The highest BCUT2D eigenvalue weighted by Gasteiger charge is 1.90. The Morgan fingerprint density at radius 2 is 1.80 bits per heavy atom. The Bertz CT molecular complexity index is 272. The maximum Gasteiger partial charge on any atom is 0.0645 e. The molecule has 10 heavy (non-hydrogen) atoms. The van der Waals surface area contributed by atoms with Gasteiger partial charge >= 0.3 is 0 Å². The molecule has 54 valence electrons. The number of benzene rings is 1. The van der Waals surface area contributed by atoms with Gasteiger partial charge in [0.25, 0.3) is 0 Å². The van der Waals surface area contributed by atoms with Crippen molar-refractivity contribution in [3.8, 4) is 0 Å². The molecule has 0 bridgehead atoms. The summed E-state index contributed by atoms with van der Waals surface area (Å²) in [6, 6.07) is 4.39. The third-order valence-electron chi connectivity index (χ3n) is 1.32. The molecule has 0 aliphatic rings.